The maximum atomic E-state index is 5.52. The Kier molecular flexibility index (Phi) is 3.31. The Bertz CT molecular complexity index is 509. The average Bonchev–Trinajstić information content (AvgIpc) is 2.32. The molecule has 0 bridgehead atoms. The topological polar surface area (TPSA) is 51.8 Å². The summed E-state index contributed by atoms with van der Waals surface area (Å²) in [5, 5.41) is 0. The van der Waals surface area contributed by atoms with E-state index in [1.54, 1.807) is 6.20 Å². The third-order valence-electron chi connectivity index (χ3n) is 2.02. The largest absolute Gasteiger partial charge is 0.368 e. The van der Waals surface area contributed by atoms with Crippen LogP contribution in [0.2, 0.25) is 0 Å². The van der Waals surface area contributed by atoms with Gasteiger partial charge in [-0.15, -0.1) is 0 Å². The number of hydrogen-bond donors (Lipinski definition) is 1. The first-order chi connectivity index (χ1) is 7.75. The molecule has 2 aromatic rings. The van der Waals surface area contributed by atoms with Gasteiger partial charge in [-0.2, -0.15) is 0 Å². The van der Waals surface area contributed by atoms with Crippen molar-refractivity contribution in [3.63, 3.8) is 0 Å². The molecule has 0 amide bonds. The lowest BCUT2D eigenvalue weighted by molar-refractivity contribution is 1.15. The lowest BCUT2D eigenvalue weighted by atomic mass is 10.2. The number of aromatic nitrogens is 2. The van der Waals surface area contributed by atoms with Gasteiger partial charge in [-0.1, -0.05) is 36.4 Å². The summed E-state index contributed by atoms with van der Waals surface area (Å²) < 4.78 is 0.828. The highest BCUT2D eigenvalue weighted by Crippen LogP contribution is 2.16. The molecule has 0 spiro atoms. The van der Waals surface area contributed by atoms with Gasteiger partial charge in [0.05, 0.1) is 10.2 Å². The van der Waals surface area contributed by atoms with Crippen molar-refractivity contribution < 1.29 is 0 Å². The molecule has 0 aliphatic carbocycles. The summed E-state index contributed by atoms with van der Waals surface area (Å²) in [6.45, 7) is 0. The molecule has 0 fully saturated rings. The molecular formula is C12H10BrN3. The monoisotopic (exact) mass is 275 g/mol. The van der Waals surface area contributed by atoms with Crippen molar-refractivity contribution in [2.24, 2.45) is 0 Å². The Morgan fingerprint density at radius 2 is 1.88 bits per heavy atom. The maximum absolute atomic E-state index is 5.52. The minimum absolute atomic E-state index is 0.274. The molecule has 1 heterocycles. The Hall–Kier alpha value is -1.68. The fourth-order valence-electron chi connectivity index (χ4n) is 1.25. The van der Waals surface area contributed by atoms with Gasteiger partial charge in [0.1, 0.15) is 0 Å². The van der Waals surface area contributed by atoms with E-state index in [0.29, 0.717) is 0 Å². The molecule has 0 unspecified atom stereocenters. The fourth-order valence-corrected chi connectivity index (χ4v) is 1.57. The van der Waals surface area contributed by atoms with Crippen molar-refractivity contribution in [1.29, 1.82) is 0 Å². The second kappa shape index (κ2) is 4.90. The molecule has 0 saturated carbocycles. The molecule has 1 aromatic heterocycles. The van der Waals surface area contributed by atoms with Crippen molar-refractivity contribution in [2.75, 3.05) is 5.73 Å². The first-order valence-corrected chi connectivity index (χ1v) is 5.56. The molecule has 0 aliphatic rings. The van der Waals surface area contributed by atoms with Crippen LogP contribution in [0.1, 0.15) is 11.3 Å². The summed E-state index contributed by atoms with van der Waals surface area (Å²) in [5.74, 6) is 0.274. The molecule has 1 aromatic carbocycles. The molecule has 80 valence electrons. The summed E-state index contributed by atoms with van der Waals surface area (Å²) >= 11 is 3.37. The molecule has 3 nitrogen and oxygen atoms in total. The predicted octanol–water partition coefficient (Wildman–Crippen LogP) is 2.99. The van der Waals surface area contributed by atoms with Crippen LogP contribution in [-0.2, 0) is 0 Å². The number of halogens is 1. The standard InChI is InChI=1S/C12H10BrN3/c13-10-8-15-12(14)16-11(10)7-6-9-4-2-1-3-5-9/h1-8H,(H2,14,15,16)/b7-6+. The molecular weight excluding hydrogens is 266 g/mol. The van der Waals surface area contributed by atoms with Crippen LogP contribution in [0.4, 0.5) is 5.95 Å². The smallest absolute Gasteiger partial charge is 0.220 e. The molecule has 4 heteroatoms. The number of hydrogen-bond acceptors (Lipinski definition) is 3. The van der Waals surface area contributed by atoms with E-state index in [9.17, 15) is 0 Å². The van der Waals surface area contributed by atoms with Crippen LogP contribution in [0.5, 0.6) is 0 Å². The van der Waals surface area contributed by atoms with Gasteiger partial charge in [-0.25, -0.2) is 9.97 Å². The lowest BCUT2D eigenvalue weighted by Gasteiger charge is -1.98. The summed E-state index contributed by atoms with van der Waals surface area (Å²) in [6, 6.07) is 10.0. The predicted molar refractivity (Wildman–Crippen MR) is 69.5 cm³/mol. The van der Waals surface area contributed by atoms with E-state index in [-0.39, 0.29) is 5.95 Å². The highest BCUT2D eigenvalue weighted by atomic mass is 79.9. The van der Waals surface area contributed by atoms with Gasteiger partial charge in [0.25, 0.3) is 0 Å². The highest BCUT2D eigenvalue weighted by molar-refractivity contribution is 9.10. The summed E-state index contributed by atoms with van der Waals surface area (Å²) in [7, 11) is 0. The molecule has 16 heavy (non-hydrogen) atoms. The molecule has 0 atom stereocenters. The van der Waals surface area contributed by atoms with Crippen LogP contribution in [0.25, 0.3) is 12.2 Å². The van der Waals surface area contributed by atoms with Gasteiger partial charge in [0.15, 0.2) is 0 Å². The van der Waals surface area contributed by atoms with Crippen LogP contribution in [-0.4, -0.2) is 9.97 Å². The van der Waals surface area contributed by atoms with E-state index in [0.717, 1.165) is 15.7 Å². The maximum Gasteiger partial charge on any atom is 0.220 e. The van der Waals surface area contributed by atoms with Crippen molar-refractivity contribution in [3.05, 3.63) is 52.3 Å². The number of nitrogens with zero attached hydrogens (tertiary/aromatic N) is 2. The summed E-state index contributed by atoms with van der Waals surface area (Å²) in [5.41, 5.74) is 7.41. The number of rotatable bonds is 2. The van der Waals surface area contributed by atoms with Gasteiger partial charge in [-0.05, 0) is 27.6 Å². The zero-order chi connectivity index (χ0) is 11.4. The van der Waals surface area contributed by atoms with Crippen LogP contribution in [0, 0.1) is 0 Å². The van der Waals surface area contributed by atoms with Gasteiger partial charge in [0.2, 0.25) is 5.95 Å². The third kappa shape index (κ3) is 2.67. The number of benzene rings is 1. The van der Waals surface area contributed by atoms with Crippen molar-refractivity contribution in [3.8, 4) is 0 Å². The quantitative estimate of drug-likeness (QED) is 0.917. The zero-order valence-corrected chi connectivity index (χ0v) is 10.1. The van der Waals surface area contributed by atoms with Gasteiger partial charge < -0.3 is 5.73 Å². The van der Waals surface area contributed by atoms with E-state index in [1.165, 1.54) is 0 Å². The normalized spacial score (nSPS) is 10.8. The van der Waals surface area contributed by atoms with Gasteiger partial charge >= 0.3 is 0 Å². The SMILES string of the molecule is Nc1ncc(Br)c(/C=C/c2ccccc2)n1. The number of anilines is 1. The van der Waals surface area contributed by atoms with Crippen molar-refractivity contribution >= 4 is 34.0 Å². The van der Waals surface area contributed by atoms with Gasteiger partial charge in [-0.3, -0.25) is 0 Å². The van der Waals surface area contributed by atoms with E-state index < -0.39 is 0 Å². The Labute approximate surface area is 102 Å². The first-order valence-electron chi connectivity index (χ1n) is 4.77. The minimum Gasteiger partial charge on any atom is -0.368 e. The summed E-state index contributed by atoms with van der Waals surface area (Å²) in [6.07, 6.45) is 5.52. The first kappa shape index (κ1) is 10.8. The van der Waals surface area contributed by atoms with E-state index in [4.69, 9.17) is 5.73 Å². The van der Waals surface area contributed by atoms with E-state index >= 15 is 0 Å². The van der Waals surface area contributed by atoms with E-state index in [2.05, 4.69) is 25.9 Å². The fraction of sp³-hybridized carbons (Fsp3) is 0. The highest BCUT2D eigenvalue weighted by Gasteiger charge is 1.98. The number of nitrogen functional groups attached to an aromatic ring is 1. The molecule has 0 aliphatic heterocycles. The lowest BCUT2D eigenvalue weighted by Crippen LogP contribution is -1.96. The van der Waals surface area contributed by atoms with Crippen molar-refractivity contribution in [1.82, 2.24) is 9.97 Å². The van der Waals surface area contributed by atoms with Crippen LogP contribution < -0.4 is 5.73 Å². The number of nitrogens with two attached hydrogens (primary N) is 1. The Morgan fingerprint density at radius 1 is 1.12 bits per heavy atom. The van der Waals surface area contributed by atoms with Crippen LogP contribution in [0.3, 0.4) is 0 Å². The second-order valence-corrected chi connectivity index (χ2v) is 4.06. The third-order valence-corrected chi connectivity index (χ3v) is 2.63. The minimum atomic E-state index is 0.274. The Balaban J connectivity index is 2.27. The Morgan fingerprint density at radius 3 is 2.62 bits per heavy atom. The zero-order valence-electron chi connectivity index (χ0n) is 8.47. The van der Waals surface area contributed by atoms with Crippen LogP contribution in [0.15, 0.2) is 41.0 Å². The van der Waals surface area contributed by atoms with Crippen LogP contribution >= 0.6 is 15.9 Å². The molecule has 0 radical (unpaired) electrons. The van der Waals surface area contributed by atoms with Crippen molar-refractivity contribution in [2.45, 2.75) is 0 Å². The average molecular weight is 276 g/mol. The van der Waals surface area contributed by atoms with Gasteiger partial charge in [0, 0.05) is 6.20 Å². The molecule has 2 rings (SSSR count). The van der Waals surface area contributed by atoms with E-state index in [1.807, 2.05) is 42.5 Å². The molecule has 2 N–H and O–H groups in total. The molecule has 0 saturated heterocycles. The second-order valence-electron chi connectivity index (χ2n) is 3.21. The summed E-state index contributed by atoms with van der Waals surface area (Å²) in [4.78, 5) is 8.00.